The largest absolute Gasteiger partial charge is 0.0620 e. The first-order valence-electron chi connectivity index (χ1n) is 25.7. The van der Waals surface area contributed by atoms with Gasteiger partial charge in [0, 0.05) is 0 Å². The Morgan fingerprint density at radius 2 is 0.493 bits per heavy atom. The minimum absolute atomic E-state index is 1.30. The predicted octanol–water partition coefficient (Wildman–Crippen LogP) is 20.8. The molecule has 0 saturated heterocycles. The zero-order valence-corrected chi connectivity index (χ0v) is 45.9. The van der Waals surface area contributed by atoms with Gasteiger partial charge in [0.15, 0.2) is 0 Å². The molecular weight excluding hydrogens is 877 g/mol. The summed E-state index contributed by atoms with van der Waals surface area (Å²) in [6.07, 6.45) is 0. The van der Waals surface area contributed by atoms with Crippen LogP contribution in [0.1, 0.15) is 72.3 Å². The van der Waals surface area contributed by atoms with Crippen LogP contribution in [0.3, 0.4) is 0 Å². The van der Waals surface area contributed by atoms with Crippen LogP contribution in [-0.2, 0) is 0 Å². The van der Waals surface area contributed by atoms with Gasteiger partial charge in [0.2, 0.25) is 0 Å². The average Bonchev–Trinajstić information content (AvgIpc) is 3.35. The van der Waals surface area contributed by atoms with Gasteiger partial charge in [0.1, 0.15) is 0 Å². The molecule has 0 bridgehead atoms. The van der Waals surface area contributed by atoms with E-state index < -0.39 is 0 Å². The van der Waals surface area contributed by atoms with E-state index in [-0.39, 0.29) is 0 Å². The summed E-state index contributed by atoms with van der Waals surface area (Å²) in [6, 6.07) is 79.8. The summed E-state index contributed by atoms with van der Waals surface area (Å²) in [4.78, 5) is 0. The molecule has 0 N–H and O–H groups in total. The molecule has 0 amide bonds. The lowest BCUT2D eigenvalue weighted by Gasteiger charge is -2.12. The van der Waals surface area contributed by atoms with Gasteiger partial charge in [-0.15, -0.1) is 0 Å². The van der Waals surface area contributed by atoms with Gasteiger partial charge in [0.05, 0.1) is 0 Å². The van der Waals surface area contributed by atoms with E-state index in [4.69, 9.17) is 0 Å². The second-order valence-corrected chi connectivity index (χ2v) is 19.9. The first kappa shape index (κ1) is 54.5. The van der Waals surface area contributed by atoms with E-state index in [0.717, 1.165) is 0 Å². The van der Waals surface area contributed by atoms with Crippen LogP contribution in [0.5, 0.6) is 0 Å². The number of hydrogen-bond acceptors (Lipinski definition) is 0. The Kier molecular flexibility index (Phi) is 19.9. The lowest BCUT2D eigenvalue weighted by molar-refractivity contribution is 1.31. The number of rotatable bonds is 5. The third-order valence-electron chi connectivity index (χ3n) is 13.1. The molecule has 0 heteroatoms. The molecule has 0 aliphatic carbocycles. The Morgan fingerprint density at radius 1 is 0.164 bits per heavy atom. The Labute approximate surface area is 440 Å². The summed E-state index contributed by atoms with van der Waals surface area (Å²) in [7, 11) is 0. The molecular formula is C73H76. The predicted molar refractivity (Wildman–Crippen MR) is 321 cm³/mol. The molecule has 0 unspecified atom stereocenters. The lowest BCUT2D eigenvalue weighted by Crippen LogP contribution is -1.90. The van der Waals surface area contributed by atoms with Crippen LogP contribution in [0.2, 0.25) is 0 Å². The van der Waals surface area contributed by atoms with Crippen molar-refractivity contribution in [3.05, 3.63) is 297 Å². The van der Waals surface area contributed by atoms with Crippen molar-refractivity contribution in [2.75, 3.05) is 0 Å². The minimum Gasteiger partial charge on any atom is -0.0620 e. The summed E-state index contributed by atoms with van der Waals surface area (Å²) in [5.41, 5.74) is 30.6. The van der Waals surface area contributed by atoms with Crippen molar-refractivity contribution in [2.24, 2.45) is 0 Å². The summed E-state index contributed by atoms with van der Waals surface area (Å²) in [5.74, 6) is 0. The zero-order valence-electron chi connectivity index (χ0n) is 45.9. The maximum absolute atomic E-state index is 2.25. The molecule has 0 saturated carbocycles. The van der Waals surface area contributed by atoms with Gasteiger partial charge in [-0.3, -0.25) is 0 Å². The van der Waals surface area contributed by atoms with Crippen molar-refractivity contribution >= 4 is 0 Å². The van der Waals surface area contributed by atoms with Gasteiger partial charge < -0.3 is 0 Å². The molecule has 73 heavy (non-hydrogen) atoms. The van der Waals surface area contributed by atoms with Crippen molar-refractivity contribution in [1.29, 1.82) is 0 Å². The highest BCUT2D eigenvalue weighted by Gasteiger charge is 2.07. The molecule has 0 aliphatic rings. The summed E-state index contributed by atoms with van der Waals surface area (Å²) in [5, 5.41) is 0. The molecule has 0 nitrogen and oxygen atoms in total. The Balaban J connectivity index is 0.000000149. The fourth-order valence-corrected chi connectivity index (χ4v) is 9.49. The molecule has 0 aliphatic heterocycles. The lowest BCUT2D eigenvalue weighted by atomic mass is 9.93. The molecule has 0 fully saturated rings. The van der Waals surface area contributed by atoms with Gasteiger partial charge in [-0.05, 0) is 179 Å². The Morgan fingerprint density at radius 3 is 0.918 bits per heavy atom. The van der Waals surface area contributed by atoms with E-state index in [9.17, 15) is 0 Å². The molecule has 368 valence electrons. The molecule has 0 aromatic heterocycles. The van der Waals surface area contributed by atoms with Crippen LogP contribution in [0.25, 0.3) is 55.6 Å². The van der Waals surface area contributed by atoms with Crippen molar-refractivity contribution in [3.8, 4) is 55.6 Å². The Hall–Kier alpha value is -7.80. The molecule has 0 spiro atoms. The molecule has 0 radical (unpaired) electrons. The van der Waals surface area contributed by atoms with Crippen LogP contribution < -0.4 is 0 Å². The number of benzene rings is 10. The van der Waals surface area contributed by atoms with E-state index in [0.29, 0.717) is 0 Å². The summed E-state index contributed by atoms with van der Waals surface area (Å²) in [6.45, 7) is 27.9. The summed E-state index contributed by atoms with van der Waals surface area (Å²) < 4.78 is 0. The van der Waals surface area contributed by atoms with Crippen molar-refractivity contribution in [3.63, 3.8) is 0 Å². The second kappa shape index (κ2) is 26.6. The van der Waals surface area contributed by atoms with Crippen LogP contribution in [0, 0.1) is 90.0 Å². The molecule has 0 atom stereocenters. The van der Waals surface area contributed by atoms with Crippen LogP contribution in [0.4, 0.5) is 0 Å². The summed E-state index contributed by atoms with van der Waals surface area (Å²) >= 11 is 0. The zero-order chi connectivity index (χ0) is 52.4. The highest BCUT2D eigenvalue weighted by molar-refractivity contribution is 5.73. The Bertz CT molecular complexity index is 3270. The fourth-order valence-electron chi connectivity index (χ4n) is 9.49. The van der Waals surface area contributed by atoms with E-state index >= 15 is 0 Å². The maximum Gasteiger partial charge on any atom is -0.0125 e. The fraction of sp³-hybridized carbons (Fsp3) is 0.178. The monoisotopic (exact) mass is 953 g/mol. The van der Waals surface area contributed by atoms with E-state index in [1.165, 1.54) is 128 Å². The maximum atomic E-state index is 2.25. The minimum atomic E-state index is 1.30. The first-order chi connectivity index (χ1) is 35.1. The van der Waals surface area contributed by atoms with Crippen LogP contribution in [0.15, 0.2) is 224 Å². The SMILES string of the molecule is Cc1ccc(-c2ccccc2C)cc1.Cc1cccc(-c2c(C)cc(C)cc2C)c1.Cc1cccc(-c2cc(C)cc(C)c2)c1.Cc1cccc(-c2ccccc2C)c1.Cc1ccccc1-c1ccccc1C. The normalized spacial score (nSPS) is 10.3. The van der Waals surface area contributed by atoms with Crippen LogP contribution in [-0.4, -0.2) is 0 Å². The molecule has 10 rings (SSSR count). The van der Waals surface area contributed by atoms with Gasteiger partial charge >= 0.3 is 0 Å². The van der Waals surface area contributed by atoms with Crippen LogP contribution >= 0.6 is 0 Å². The van der Waals surface area contributed by atoms with Gasteiger partial charge in [-0.2, -0.15) is 0 Å². The highest BCUT2D eigenvalue weighted by Crippen LogP contribution is 2.30. The van der Waals surface area contributed by atoms with Crippen molar-refractivity contribution < 1.29 is 0 Å². The number of hydrogen-bond donors (Lipinski definition) is 0. The molecule has 0 heterocycles. The van der Waals surface area contributed by atoms with E-state index in [1.807, 2.05) is 0 Å². The van der Waals surface area contributed by atoms with E-state index in [2.05, 4.69) is 314 Å². The molecule has 10 aromatic carbocycles. The van der Waals surface area contributed by atoms with Crippen molar-refractivity contribution in [1.82, 2.24) is 0 Å². The second-order valence-electron chi connectivity index (χ2n) is 19.9. The van der Waals surface area contributed by atoms with E-state index in [1.54, 1.807) is 0 Å². The first-order valence-corrected chi connectivity index (χ1v) is 25.7. The van der Waals surface area contributed by atoms with Gasteiger partial charge in [-0.1, -0.05) is 263 Å². The highest BCUT2D eigenvalue weighted by atomic mass is 14.1. The number of aryl methyl sites for hydroxylation is 13. The van der Waals surface area contributed by atoms with Gasteiger partial charge in [-0.25, -0.2) is 0 Å². The van der Waals surface area contributed by atoms with Gasteiger partial charge in [0.25, 0.3) is 0 Å². The quantitative estimate of drug-likeness (QED) is 0.161. The average molecular weight is 953 g/mol. The topological polar surface area (TPSA) is 0 Å². The standard InChI is InChI=1S/C16H18.C15H16.3C14H14/c1-11-6-5-7-15(10-11)16-13(3)8-12(2)9-14(16)4;1-11-5-4-6-14(8-11)15-9-12(2)7-13(3)10-15;1-11-7-3-5-9-13(11)14-10-6-4-8-12(14)2;1-11-6-5-8-13(10-11)14-9-4-3-7-12(14)2;1-11-7-9-13(10-8-11)14-6-4-3-5-12(14)2/h5-10H,1-4H3;4-10H,1-3H3;3*3-10H,1-2H3. The van der Waals surface area contributed by atoms with Crippen molar-refractivity contribution in [2.45, 2.75) is 90.0 Å². The third-order valence-corrected chi connectivity index (χ3v) is 13.1. The molecule has 10 aromatic rings. The third kappa shape index (κ3) is 16.1. The smallest absolute Gasteiger partial charge is 0.0125 e.